The van der Waals surface area contributed by atoms with Gasteiger partial charge in [-0.15, -0.1) is 0 Å². The second-order valence-corrected chi connectivity index (χ2v) is 6.32. The highest BCUT2D eigenvalue weighted by molar-refractivity contribution is 6.15. The fourth-order valence-corrected chi connectivity index (χ4v) is 2.44. The lowest BCUT2D eigenvalue weighted by Gasteiger charge is -2.28. The number of rotatable bonds is 5. The van der Waals surface area contributed by atoms with Crippen molar-refractivity contribution in [3.05, 3.63) is 60.2 Å². The van der Waals surface area contributed by atoms with E-state index in [9.17, 15) is 14.4 Å². The maximum Gasteiger partial charge on any atom is 0.339 e. The Labute approximate surface area is 152 Å². The molecule has 2 aromatic carbocycles. The predicted molar refractivity (Wildman–Crippen MR) is 100 cm³/mol. The number of carbonyl (C=O) groups excluding carboxylic acids is 3. The van der Waals surface area contributed by atoms with Crippen molar-refractivity contribution in [3.63, 3.8) is 0 Å². The van der Waals surface area contributed by atoms with Crippen molar-refractivity contribution >= 4 is 29.2 Å². The van der Waals surface area contributed by atoms with Crippen LogP contribution < -0.4 is 10.2 Å². The molecule has 1 N–H and O–H groups in total. The average molecular weight is 354 g/mol. The van der Waals surface area contributed by atoms with Crippen molar-refractivity contribution in [2.45, 2.75) is 13.8 Å². The molecule has 0 spiro atoms. The zero-order chi connectivity index (χ0) is 19.3. The van der Waals surface area contributed by atoms with E-state index in [1.165, 1.54) is 12.0 Å². The minimum atomic E-state index is -1.34. The van der Waals surface area contributed by atoms with Crippen LogP contribution in [0.5, 0.6) is 0 Å². The molecule has 0 aliphatic carbocycles. The van der Waals surface area contributed by atoms with E-state index < -0.39 is 17.3 Å². The van der Waals surface area contributed by atoms with Crippen molar-refractivity contribution in [2.75, 3.05) is 24.4 Å². The molecule has 0 radical (unpaired) electrons. The minimum absolute atomic E-state index is 0.225. The molecule has 0 aliphatic heterocycles. The first-order valence-electron chi connectivity index (χ1n) is 8.11. The third-order valence-corrected chi connectivity index (χ3v) is 4.13. The Kier molecular flexibility index (Phi) is 5.77. The second kappa shape index (κ2) is 7.82. The van der Waals surface area contributed by atoms with Crippen LogP contribution in [0.2, 0.25) is 0 Å². The van der Waals surface area contributed by atoms with Gasteiger partial charge in [-0.05, 0) is 38.1 Å². The first-order chi connectivity index (χ1) is 12.3. The average Bonchev–Trinajstić information content (AvgIpc) is 2.67. The van der Waals surface area contributed by atoms with Gasteiger partial charge in [0.2, 0.25) is 11.8 Å². The van der Waals surface area contributed by atoms with Crippen LogP contribution in [-0.4, -0.2) is 31.9 Å². The van der Waals surface area contributed by atoms with Gasteiger partial charge in [-0.3, -0.25) is 9.59 Å². The van der Waals surface area contributed by atoms with E-state index in [2.05, 4.69) is 5.32 Å². The van der Waals surface area contributed by atoms with E-state index in [1.807, 2.05) is 18.2 Å². The smallest absolute Gasteiger partial charge is 0.339 e. The lowest BCUT2D eigenvalue weighted by molar-refractivity contribution is -0.136. The fourth-order valence-electron chi connectivity index (χ4n) is 2.44. The van der Waals surface area contributed by atoms with Crippen molar-refractivity contribution < 1.29 is 19.1 Å². The monoisotopic (exact) mass is 354 g/mol. The standard InChI is InChI=1S/C20H22N2O4/c1-20(2,19(25)22(3)14-10-6-5-7-11-14)18(24)21-16-13-9-8-12-15(16)17(23)26-4/h5-13H,1-4H3,(H,21,24). The summed E-state index contributed by atoms with van der Waals surface area (Å²) in [5, 5.41) is 2.67. The van der Waals surface area contributed by atoms with E-state index in [0.29, 0.717) is 11.4 Å². The third kappa shape index (κ3) is 3.91. The number of benzene rings is 2. The van der Waals surface area contributed by atoms with E-state index in [-0.39, 0.29) is 11.5 Å². The summed E-state index contributed by atoms with van der Waals surface area (Å²) in [7, 11) is 2.89. The number of nitrogens with zero attached hydrogens (tertiary/aromatic N) is 1. The zero-order valence-corrected chi connectivity index (χ0v) is 15.3. The summed E-state index contributed by atoms with van der Waals surface area (Å²) >= 11 is 0. The highest BCUT2D eigenvalue weighted by atomic mass is 16.5. The molecule has 0 saturated heterocycles. The van der Waals surface area contributed by atoms with E-state index >= 15 is 0 Å². The number of para-hydroxylation sites is 2. The first-order valence-corrected chi connectivity index (χ1v) is 8.11. The Bertz CT molecular complexity index is 816. The summed E-state index contributed by atoms with van der Waals surface area (Å²) in [6.45, 7) is 3.09. The van der Waals surface area contributed by atoms with Gasteiger partial charge in [-0.25, -0.2) is 4.79 Å². The quantitative estimate of drug-likeness (QED) is 0.661. The topological polar surface area (TPSA) is 75.7 Å². The van der Waals surface area contributed by atoms with Gasteiger partial charge in [-0.1, -0.05) is 30.3 Å². The Hall–Kier alpha value is -3.15. The van der Waals surface area contributed by atoms with Gasteiger partial charge >= 0.3 is 5.97 Å². The van der Waals surface area contributed by atoms with Crippen molar-refractivity contribution in [3.8, 4) is 0 Å². The van der Waals surface area contributed by atoms with Gasteiger partial charge in [0.1, 0.15) is 5.41 Å². The number of hydrogen-bond donors (Lipinski definition) is 1. The number of esters is 1. The highest BCUT2D eigenvalue weighted by Crippen LogP contribution is 2.26. The molecule has 0 atom stereocenters. The van der Waals surface area contributed by atoms with Gasteiger partial charge in [0.25, 0.3) is 0 Å². The number of amides is 2. The molecule has 0 saturated carbocycles. The van der Waals surface area contributed by atoms with Gasteiger partial charge in [0.05, 0.1) is 18.4 Å². The SMILES string of the molecule is COC(=O)c1ccccc1NC(=O)C(C)(C)C(=O)N(C)c1ccccc1. The number of anilines is 2. The Balaban J connectivity index is 2.23. The van der Waals surface area contributed by atoms with Crippen molar-refractivity contribution in [1.82, 2.24) is 0 Å². The van der Waals surface area contributed by atoms with E-state index in [0.717, 1.165) is 0 Å². The van der Waals surface area contributed by atoms with Crippen LogP contribution in [0.1, 0.15) is 24.2 Å². The van der Waals surface area contributed by atoms with Crippen LogP contribution in [-0.2, 0) is 14.3 Å². The molecule has 2 aromatic rings. The van der Waals surface area contributed by atoms with Gasteiger partial charge < -0.3 is 15.0 Å². The van der Waals surface area contributed by atoms with Crippen LogP contribution in [0, 0.1) is 5.41 Å². The molecule has 2 amide bonds. The summed E-state index contributed by atoms with van der Waals surface area (Å²) in [6, 6.07) is 15.6. The summed E-state index contributed by atoms with van der Waals surface area (Å²) in [4.78, 5) is 38.9. The first kappa shape index (κ1) is 19.2. The molecular formula is C20H22N2O4. The molecule has 2 rings (SSSR count). The molecule has 0 heterocycles. The number of nitrogens with one attached hydrogen (secondary N) is 1. The number of carbonyl (C=O) groups is 3. The zero-order valence-electron chi connectivity index (χ0n) is 15.3. The number of ether oxygens (including phenoxy) is 1. The van der Waals surface area contributed by atoms with Crippen LogP contribution >= 0.6 is 0 Å². The second-order valence-electron chi connectivity index (χ2n) is 6.32. The molecular weight excluding hydrogens is 332 g/mol. The van der Waals surface area contributed by atoms with Crippen molar-refractivity contribution in [1.29, 1.82) is 0 Å². The fraction of sp³-hybridized carbons (Fsp3) is 0.250. The van der Waals surface area contributed by atoms with E-state index in [1.54, 1.807) is 57.3 Å². The van der Waals surface area contributed by atoms with Gasteiger partial charge in [0.15, 0.2) is 0 Å². The maximum atomic E-state index is 12.8. The molecule has 0 bridgehead atoms. The largest absolute Gasteiger partial charge is 0.465 e. The summed E-state index contributed by atoms with van der Waals surface area (Å²) in [5.74, 6) is -1.44. The molecule has 6 nitrogen and oxygen atoms in total. The molecule has 0 unspecified atom stereocenters. The van der Waals surface area contributed by atoms with Gasteiger partial charge in [-0.2, -0.15) is 0 Å². The Morgan fingerprint density at radius 1 is 0.962 bits per heavy atom. The lowest BCUT2D eigenvalue weighted by atomic mass is 9.90. The normalized spacial score (nSPS) is 10.8. The molecule has 26 heavy (non-hydrogen) atoms. The third-order valence-electron chi connectivity index (χ3n) is 4.13. The molecule has 0 aromatic heterocycles. The summed E-state index contributed by atoms with van der Waals surface area (Å²) in [6.07, 6.45) is 0. The van der Waals surface area contributed by atoms with Gasteiger partial charge in [0, 0.05) is 12.7 Å². The summed E-state index contributed by atoms with van der Waals surface area (Å²) in [5.41, 5.74) is -0.127. The predicted octanol–water partition coefficient (Wildman–Crippen LogP) is 3.10. The number of hydrogen-bond acceptors (Lipinski definition) is 4. The Morgan fingerprint density at radius 2 is 1.54 bits per heavy atom. The molecule has 0 fully saturated rings. The lowest BCUT2D eigenvalue weighted by Crippen LogP contribution is -2.46. The van der Waals surface area contributed by atoms with Crippen LogP contribution in [0.4, 0.5) is 11.4 Å². The molecule has 6 heteroatoms. The Morgan fingerprint density at radius 3 is 2.15 bits per heavy atom. The summed E-state index contributed by atoms with van der Waals surface area (Å²) < 4.78 is 4.72. The highest BCUT2D eigenvalue weighted by Gasteiger charge is 2.39. The molecule has 136 valence electrons. The molecule has 0 aliphatic rings. The van der Waals surface area contributed by atoms with Crippen LogP contribution in [0.25, 0.3) is 0 Å². The van der Waals surface area contributed by atoms with E-state index in [4.69, 9.17) is 4.74 Å². The number of methoxy groups -OCH3 is 1. The van der Waals surface area contributed by atoms with Crippen LogP contribution in [0.15, 0.2) is 54.6 Å². The van der Waals surface area contributed by atoms with Crippen LogP contribution in [0.3, 0.4) is 0 Å². The van der Waals surface area contributed by atoms with Crippen molar-refractivity contribution in [2.24, 2.45) is 5.41 Å². The maximum absolute atomic E-state index is 12.8. The minimum Gasteiger partial charge on any atom is -0.465 e.